The Labute approximate surface area is 114 Å². The van der Waals surface area contributed by atoms with Gasteiger partial charge in [0, 0.05) is 30.7 Å². The van der Waals surface area contributed by atoms with Crippen molar-refractivity contribution < 1.29 is 9.50 Å². The standard InChI is InChI=1S/C15H23FN2O/c1-9-6-15(13(10(2)17)7-14(9)16)18-5-4-12(8-18)11(3)19/h6-7,10-12,19H,4-5,8,17H2,1-3H3. The van der Waals surface area contributed by atoms with Crippen LogP contribution in [-0.2, 0) is 0 Å². The molecule has 2 rings (SSSR count). The molecular formula is C15H23FN2O. The van der Waals surface area contributed by atoms with Gasteiger partial charge in [-0.3, -0.25) is 0 Å². The third kappa shape index (κ3) is 2.90. The molecule has 1 fully saturated rings. The number of aliphatic hydroxyl groups excluding tert-OH is 1. The van der Waals surface area contributed by atoms with E-state index in [1.165, 1.54) is 0 Å². The molecule has 0 aromatic heterocycles. The van der Waals surface area contributed by atoms with E-state index < -0.39 is 0 Å². The summed E-state index contributed by atoms with van der Waals surface area (Å²) in [7, 11) is 0. The molecule has 1 aliphatic heterocycles. The second-order valence-electron chi connectivity index (χ2n) is 5.68. The molecule has 1 aromatic carbocycles. The summed E-state index contributed by atoms with van der Waals surface area (Å²) >= 11 is 0. The zero-order valence-electron chi connectivity index (χ0n) is 11.9. The first-order valence-electron chi connectivity index (χ1n) is 6.88. The van der Waals surface area contributed by atoms with E-state index >= 15 is 0 Å². The minimum Gasteiger partial charge on any atom is -0.393 e. The van der Waals surface area contributed by atoms with Crippen LogP contribution in [0.3, 0.4) is 0 Å². The highest BCUT2D eigenvalue weighted by atomic mass is 19.1. The minimum absolute atomic E-state index is 0.198. The van der Waals surface area contributed by atoms with E-state index in [4.69, 9.17) is 5.73 Å². The van der Waals surface area contributed by atoms with Crippen LogP contribution in [0.5, 0.6) is 0 Å². The van der Waals surface area contributed by atoms with Crippen LogP contribution in [0, 0.1) is 18.7 Å². The van der Waals surface area contributed by atoms with Crippen LogP contribution in [0.15, 0.2) is 12.1 Å². The molecule has 3 nitrogen and oxygen atoms in total. The summed E-state index contributed by atoms with van der Waals surface area (Å²) in [6.07, 6.45) is 0.664. The maximum atomic E-state index is 13.7. The van der Waals surface area contributed by atoms with Crippen molar-refractivity contribution in [3.8, 4) is 0 Å². The molecule has 0 aliphatic carbocycles. The van der Waals surface area contributed by atoms with E-state index in [1.807, 2.05) is 19.9 Å². The Hall–Kier alpha value is -1.13. The first-order chi connectivity index (χ1) is 8.90. The molecule has 0 bridgehead atoms. The van der Waals surface area contributed by atoms with Gasteiger partial charge in [-0.05, 0) is 50.5 Å². The van der Waals surface area contributed by atoms with E-state index in [9.17, 15) is 9.50 Å². The van der Waals surface area contributed by atoms with Gasteiger partial charge in [0.2, 0.25) is 0 Å². The lowest BCUT2D eigenvalue weighted by Crippen LogP contribution is -2.26. The molecular weight excluding hydrogens is 243 g/mol. The van der Waals surface area contributed by atoms with Gasteiger partial charge in [-0.2, -0.15) is 0 Å². The molecule has 106 valence electrons. The lowest BCUT2D eigenvalue weighted by atomic mass is 10.0. The molecule has 1 saturated heterocycles. The van der Waals surface area contributed by atoms with Gasteiger partial charge in [0.15, 0.2) is 0 Å². The monoisotopic (exact) mass is 266 g/mol. The maximum absolute atomic E-state index is 13.7. The van der Waals surface area contributed by atoms with Crippen LogP contribution in [0.1, 0.15) is 37.4 Å². The fourth-order valence-corrected chi connectivity index (χ4v) is 2.72. The van der Waals surface area contributed by atoms with Crippen LogP contribution in [0.4, 0.5) is 10.1 Å². The van der Waals surface area contributed by atoms with Crippen molar-refractivity contribution >= 4 is 5.69 Å². The Morgan fingerprint density at radius 1 is 1.42 bits per heavy atom. The number of hydrogen-bond acceptors (Lipinski definition) is 3. The first-order valence-corrected chi connectivity index (χ1v) is 6.88. The quantitative estimate of drug-likeness (QED) is 0.883. The van der Waals surface area contributed by atoms with Gasteiger partial charge in [-0.15, -0.1) is 0 Å². The van der Waals surface area contributed by atoms with Crippen LogP contribution < -0.4 is 10.6 Å². The third-order valence-electron chi connectivity index (χ3n) is 4.05. The Kier molecular flexibility index (Phi) is 4.11. The Bertz CT molecular complexity index is 460. The van der Waals surface area contributed by atoms with Crippen molar-refractivity contribution in [1.82, 2.24) is 0 Å². The summed E-state index contributed by atoms with van der Waals surface area (Å²) in [4.78, 5) is 2.21. The van der Waals surface area contributed by atoms with Crippen molar-refractivity contribution in [3.63, 3.8) is 0 Å². The van der Waals surface area contributed by atoms with Crippen molar-refractivity contribution in [2.75, 3.05) is 18.0 Å². The molecule has 0 radical (unpaired) electrons. The molecule has 3 N–H and O–H groups in total. The second-order valence-corrected chi connectivity index (χ2v) is 5.68. The maximum Gasteiger partial charge on any atom is 0.126 e. The van der Waals surface area contributed by atoms with Gasteiger partial charge in [0.1, 0.15) is 5.82 Å². The summed E-state index contributed by atoms with van der Waals surface area (Å²) < 4.78 is 13.7. The topological polar surface area (TPSA) is 49.5 Å². The molecule has 0 amide bonds. The summed E-state index contributed by atoms with van der Waals surface area (Å²) in [5, 5.41) is 9.68. The van der Waals surface area contributed by atoms with Gasteiger partial charge < -0.3 is 15.7 Å². The van der Waals surface area contributed by atoms with Gasteiger partial charge in [0.25, 0.3) is 0 Å². The number of rotatable bonds is 3. The molecule has 1 heterocycles. The normalized spacial score (nSPS) is 22.6. The lowest BCUT2D eigenvalue weighted by Gasteiger charge is -2.25. The highest BCUT2D eigenvalue weighted by Gasteiger charge is 2.28. The molecule has 3 unspecified atom stereocenters. The highest BCUT2D eigenvalue weighted by molar-refractivity contribution is 5.57. The fraction of sp³-hybridized carbons (Fsp3) is 0.600. The SMILES string of the molecule is Cc1cc(N2CCC(C(C)O)C2)c(C(C)N)cc1F. The molecule has 1 aromatic rings. The van der Waals surface area contributed by atoms with E-state index in [-0.39, 0.29) is 23.9 Å². The van der Waals surface area contributed by atoms with Gasteiger partial charge in [0.05, 0.1) is 6.10 Å². The predicted octanol–water partition coefficient (Wildman–Crippen LogP) is 2.36. The average molecular weight is 266 g/mol. The lowest BCUT2D eigenvalue weighted by molar-refractivity contribution is 0.136. The van der Waals surface area contributed by atoms with E-state index in [0.29, 0.717) is 5.56 Å². The fourth-order valence-electron chi connectivity index (χ4n) is 2.72. The number of aryl methyl sites for hydroxylation is 1. The van der Waals surface area contributed by atoms with Crippen molar-refractivity contribution in [2.24, 2.45) is 11.7 Å². The van der Waals surface area contributed by atoms with E-state index in [2.05, 4.69) is 4.90 Å². The van der Waals surface area contributed by atoms with Gasteiger partial charge in [-0.1, -0.05) is 0 Å². The Balaban J connectivity index is 2.32. The summed E-state index contributed by atoms with van der Waals surface area (Å²) in [5.74, 6) is 0.0774. The first kappa shape index (κ1) is 14.3. The number of anilines is 1. The highest BCUT2D eigenvalue weighted by Crippen LogP contribution is 2.32. The number of aliphatic hydroxyl groups is 1. The molecule has 19 heavy (non-hydrogen) atoms. The Morgan fingerprint density at radius 3 is 2.63 bits per heavy atom. The molecule has 0 saturated carbocycles. The number of hydrogen-bond donors (Lipinski definition) is 2. The van der Waals surface area contributed by atoms with Crippen molar-refractivity contribution in [3.05, 3.63) is 29.1 Å². The number of halogens is 1. The zero-order valence-corrected chi connectivity index (χ0v) is 11.9. The second kappa shape index (κ2) is 5.47. The number of benzene rings is 1. The third-order valence-corrected chi connectivity index (χ3v) is 4.05. The van der Waals surface area contributed by atoms with Crippen LogP contribution in [0.2, 0.25) is 0 Å². The minimum atomic E-state index is -0.301. The van der Waals surface area contributed by atoms with Crippen molar-refractivity contribution in [2.45, 2.75) is 39.3 Å². The Morgan fingerprint density at radius 2 is 2.11 bits per heavy atom. The molecule has 3 atom stereocenters. The van der Waals surface area contributed by atoms with E-state index in [1.54, 1.807) is 13.0 Å². The summed E-state index contributed by atoms with van der Waals surface area (Å²) in [6.45, 7) is 7.17. The van der Waals surface area contributed by atoms with Gasteiger partial charge >= 0.3 is 0 Å². The van der Waals surface area contributed by atoms with Gasteiger partial charge in [-0.25, -0.2) is 4.39 Å². The molecule has 0 spiro atoms. The molecule has 4 heteroatoms. The summed E-state index contributed by atoms with van der Waals surface area (Å²) in [5.41, 5.74) is 8.44. The smallest absolute Gasteiger partial charge is 0.126 e. The number of nitrogens with two attached hydrogens (primary N) is 1. The summed E-state index contributed by atoms with van der Waals surface area (Å²) in [6, 6.07) is 3.22. The average Bonchev–Trinajstić information content (AvgIpc) is 2.81. The van der Waals surface area contributed by atoms with Crippen molar-refractivity contribution in [1.29, 1.82) is 0 Å². The van der Waals surface area contributed by atoms with Crippen LogP contribution in [0.25, 0.3) is 0 Å². The molecule has 1 aliphatic rings. The van der Waals surface area contributed by atoms with E-state index in [0.717, 1.165) is 30.8 Å². The predicted molar refractivity (Wildman–Crippen MR) is 75.7 cm³/mol. The largest absolute Gasteiger partial charge is 0.393 e. The van der Waals surface area contributed by atoms with Crippen LogP contribution in [-0.4, -0.2) is 24.3 Å². The zero-order chi connectivity index (χ0) is 14.2. The van der Waals surface area contributed by atoms with Crippen LogP contribution >= 0.6 is 0 Å². The number of nitrogens with zero attached hydrogens (tertiary/aromatic N) is 1.